The van der Waals surface area contributed by atoms with Crippen molar-refractivity contribution in [1.29, 1.82) is 0 Å². The summed E-state index contributed by atoms with van der Waals surface area (Å²) in [5, 5.41) is 2.52. The average molecular weight is 382 g/mol. The van der Waals surface area contributed by atoms with E-state index >= 15 is 0 Å². The van der Waals surface area contributed by atoms with E-state index in [0.717, 1.165) is 29.9 Å². The number of hydrogen-bond donors (Lipinski definition) is 1. The highest BCUT2D eigenvalue weighted by molar-refractivity contribution is 6.08. The summed E-state index contributed by atoms with van der Waals surface area (Å²) in [4.78, 5) is 38.5. The van der Waals surface area contributed by atoms with Crippen molar-refractivity contribution in [2.75, 3.05) is 0 Å². The van der Waals surface area contributed by atoms with Crippen molar-refractivity contribution in [3.63, 3.8) is 0 Å². The van der Waals surface area contributed by atoms with Crippen LogP contribution in [0.3, 0.4) is 0 Å². The third kappa shape index (κ3) is 3.84. The number of fused-ring (bicyclic) bond motifs is 1. The van der Waals surface area contributed by atoms with Gasteiger partial charge in [0.2, 0.25) is 17.7 Å². The molecule has 3 atom stereocenters. The molecule has 1 aliphatic carbocycles. The highest BCUT2D eigenvalue weighted by Gasteiger charge is 2.50. The van der Waals surface area contributed by atoms with Gasteiger partial charge in [0.05, 0.1) is 17.4 Å². The number of alkyl halides is 3. The molecule has 0 aromatic heterocycles. The minimum absolute atomic E-state index is 0.115. The van der Waals surface area contributed by atoms with Crippen LogP contribution in [-0.2, 0) is 27.1 Å². The number of carbonyl (C=O) groups is 3. The molecule has 3 rings (SSSR count). The summed E-state index contributed by atoms with van der Waals surface area (Å²) in [6, 6.07) is 3.68. The van der Waals surface area contributed by atoms with Gasteiger partial charge >= 0.3 is 6.18 Å². The summed E-state index contributed by atoms with van der Waals surface area (Å²) in [6.07, 6.45) is -1.36. The molecule has 0 spiro atoms. The van der Waals surface area contributed by atoms with Crippen LogP contribution in [0.4, 0.5) is 13.2 Å². The second-order valence-electron chi connectivity index (χ2n) is 7.14. The molecule has 1 N–H and O–H groups in total. The fourth-order valence-electron chi connectivity index (χ4n) is 3.88. The lowest BCUT2D eigenvalue weighted by atomic mass is 9.81. The Morgan fingerprint density at radius 1 is 1.19 bits per heavy atom. The van der Waals surface area contributed by atoms with Gasteiger partial charge in [-0.3, -0.25) is 19.3 Å². The zero-order chi connectivity index (χ0) is 19.8. The molecule has 3 amide bonds. The fraction of sp³-hybridized carbons (Fsp3) is 0.526. The smallest absolute Gasteiger partial charge is 0.350 e. The first-order valence-electron chi connectivity index (χ1n) is 9.01. The zero-order valence-corrected chi connectivity index (χ0v) is 14.9. The Morgan fingerprint density at radius 2 is 1.78 bits per heavy atom. The maximum absolute atomic E-state index is 12.8. The Morgan fingerprint density at radius 3 is 2.33 bits per heavy atom. The lowest BCUT2D eigenvalue weighted by Crippen LogP contribution is -2.48. The minimum atomic E-state index is -4.46. The molecule has 27 heavy (non-hydrogen) atoms. The Labute approximate surface area is 154 Å². The molecule has 1 heterocycles. The predicted molar refractivity (Wildman–Crippen MR) is 90.1 cm³/mol. The normalized spacial score (nSPS) is 23.9. The molecule has 5 nitrogen and oxygen atoms in total. The summed E-state index contributed by atoms with van der Waals surface area (Å²) in [5.41, 5.74) is -0.505. The van der Waals surface area contributed by atoms with Gasteiger partial charge in [-0.15, -0.1) is 0 Å². The van der Waals surface area contributed by atoms with Crippen molar-refractivity contribution in [1.82, 2.24) is 10.2 Å². The topological polar surface area (TPSA) is 66.5 Å². The Kier molecular flexibility index (Phi) is 5.26. The molecule has 2 aliphatic rings. The molecular formula is C19H21F3N2O3. The van der Waals surface area contributed by atoms with E-state index < -0.39 is 23.7 Å². The number of imide groups is 1. The van der Waals surface area contributed by atoms with Crippen molar-refractivity contribution in [2.24, 2.45) is 11.8 Å². The van der Waals surface area contributed by atoms with Crippen molar-refractivity contribution in [3.05, 3.63) is 35.4 Å². The predicted octanol–water partition coefficient (Wildman–Crippen LogP) is 2.89. The number of nitrogens with one attached hydrogen (secondary N) is 1. The Hall–Kier alpha value is -2.38. The second-order valence-corrected chi connectivity index (χ2v) is 7.14. The van der Waals surface area contributed by atoms with Gasteiger partial charge in [-0.2, -0.15) is 13.2 Å². The zero-order valence-electron chi connectivity index (χ0n) is 14.9. The van der Waals surface area contributed by atoms with E-state index in [0.29, 0.717) is 12.8 Å². The molecule has 0 unspecified atom stereocenters. The van der Waals surface area contributed by atoms with Gasteiger partial charge < -0.3 is 5.32 Å². The number of amides is 3. The third-order valence-corrected chi connectivity index (χ3v) is 5.36. The van der Waals surface area contributed by atoms with Crippen molar-refractivity contribution in [3.8, 4) is 0 Å². The number of nitrogens with zero attached hydrogens (tertiary/aromatic N) is 1. The molecule has 0 bridgehead atoms. The Balaban J connectivity index is 1.65. The molecule has 1 aromatic rings. The van der Waals surface area contributed by atoms with Gasteiger partial charge in [-0.1, -0.05) is 25.0 Å². The SMILES string of the molecule is C[C@@H](C(=O)NCc1cccc(C(F)(F)F)c1)N1C(=O)[C@H]2CCCC[C@@H]2C1=O. The molecule has 146 valence electrons. The van der Waals surface area contributed by atoms with Gasteiger partial charge in [0.15, 0.2) is 0 Å². The van der Waals surface area contributed by atoms with Crippen LogP contribution in [0.1, 0.15) is 43.7 Å². The van der Waals surface area contributed by atoms with Crippen LogP contribution in [-0.4, -0.2) is 28.7 Å². The monoisotopic (exact) mass is 382 g/mol. The van der Waals surface area contributed by atoms with E-state index in [9.17, 15) is 27.6 Å². The average Bonchev–Trinajstić information content (AvgIpc) is 2.90. The van der Waals surface area contributed by atoms with Gasteiger partial charge in [0.1, 0.15) is 6.04 Å². The van der Waals surface area contributed by atoms with Crippen molar-refractivity contribution in [2.45, 2.75) is 51.4 Å². The number of benzene rings is 1. The molecule has 2 fully saturated rings. The van der Waals surface area contributed by atoms with Gasteiger partial charge in [0, 0.05) is 6.54 Å². The van der Waals surface area contributed by atoms with Crippen molar-refractivity contribution >= 4 is 17.7 Å². The molecule has 1 aromatic carbocycles. The van der Waals surface area contributed by atoms with Crippen molar-refractivity contribution < 1.29 is 27.6 Å². The maximum Gasteiger partial charge on any atom is 0.416 e. The first-order valence-corrected chi connectivity index (χ1v) is 9.01. The van der Waals surface area contributed by atoms with Gasteiger partial charge in [-0.05, 0) is 37.5 Å². The second kappa shape index (κ2) is 7.32. The highest BCUT2D eigenvalue weighted by atomic mass is 19.4. The number of halogens is 3. The summed E-state index contributed by atoms with van der Waals surface area (Å²) in [5.74, 6) is -1.87. The number of likely N-dealkylation sites (tertiary alicyclic amines) is 1. The summed E-state index contributed by atoms with van der Waals surface area (Å²) < 4.78 is 38.3. The van der Waals surface area contributed by atoms with E-state index in [2.05, 4.69) is 5.32 Å². The van der Waals surface area contributed by atoms with E-state index in [1.54, 1.807) is 0 Å². The van der Waals surface area contributed by atoms with Crippen LogP contribution in [0.2, 0.25) is 0 Å². The van der Waals surface area contributed by atoms with Crippen LogP contribution < -0.4 is 5.32 Å². The fourth-order valence-corrected chi connectivity index (χ4v) is 3.88. The van der Waals surface area contributed by atoms with Crippen LogP contribution in [0.15, 0.2) is 24.3 Å². The number of hydrogen-bond acceptors (Lipinski definition) is 3. The quantitative estimate of drug-likeness (QED) is 0.815. The highest BCUT2D eigenvalue weighted by Crippen LogP contribution is 2.38. The van der Waals surface area contributed by atoms with Crippen LogP contribution >= 0.6 is 0 Å². The van der Waals surface area contributed by atoms with Gasteiger partial charge in [0.25, 0.3) is 0 Å². The lowest BCUT2D eigenvalue weighted by molar-refractivity contribution is -0.147. The lowest BCUT2D eigenvalue weighted by Gasteiger charge is -2.22. The molecule has 1 saturated heterocycles. The van der Waals surface area contributed by atoms with E-state index in [1.165, 1.54) is 19.1 Å². The molecule has 1 saturated carbocycles. The molecule has 8 heteroatoms. The summed E-state index contributed by atoms with van der Waals surface area (Å²) in [7, 11) is 0. The molecular weight excluding hydrogens is 361 g/mol. The summed E-state index contributed by atoms with van der Waals surface area (Å²) in [6.45, 7) is 1.35. The van der Waals surface area contributed by atoms with E-state index in [4.69, 9.17) is 0 Å². The first kappa shape index (κ1) is 19.4. The van der Waals surface area contributed by atoms with E-state index in [-0.39, 0.29) is 35.8 Å². The first-order chi connectivity index (χ1) is 12.7. The largest absolute Gasteiger partial charge is 0.416 e. The van der Waals surface area contributed by atoms with E-state index in [1.807, 2.05) is 0 Å². The number of rotatable bonds is 4. The molecule has 0 radical (unpaired) electrons. The number of carbonyl (C=O) groups excluding carboxylic acids is 3. The molecule has 1 aliphatic heterocycles. The minimum Gasteiger partial charge on any atom is -0.350 e. The maximum atomic E-state index is 12.8. The van der Waals surface area contributed by atoms with Gasteiger partial charge in [-0.25, -0.2) is 0 Å². The van der Waals surface area contributed by atoms with Crippen LogP contribution in [0.5, 0.6) is 0 Å². The standard InChI is InChI=1S/C19H21F3N2O3/c1-11(24-17(26)14-7-2-3-8-15(14)18(24)27)16(25)23-10-12-5-4-6-13(9-12)19(20,21)22/h4-6,9,11,14-15H,2-3,7-8,10H2,1H3,(H,23,25)/t11-,14-,15-/m0/s1. The summed E-state index contributed by atoms with van der Waals surface area (Å²) >= 11 is 0. The van der Waals surface area contributed by atoms with Crippen LogP contribution in [0, 0.1) is 11.8 Å². The third-order valence-electron chi connectivity index (χ3n) is 5.36. The Bertz CT molecular complexity index is 739. The van der Waals surface area contributed by atoms with Crippen LogP contribution in [0.25, 0.3) is 0 Å².